The van der Waals surface area contributed by atoms with Gasteiger partial charge in [-0.3, -0.25) is 0 Å². The van der Waals surface area contributed by atoms with Crippen LogP contribution in [0.15, 0.2) is 42.5 Å². The molecule has 0 unspecified atom stereocenters. The second-order valence-corrected chi connectivity index (χ2v) is 5.78. The molecule has 0 radical (unpaired) electrons. The predicted octanol–water partition coefficient (Wildman–Crippen LogP) is 5.09. The smallest absolute Gasteiger partial charge is 0.118 e. The Bertz CT molecular complexity index is 658. The third-order valence-corrected chi connectivity index (χ3v) is 3.96. The summed E-state index contributed by atoms with van der Waals surface area (Å²) in [5, 5.41) is 0. The zero-order valence-corrected chi connectivity index (χ0v) is 14.8. The first-order chi connectivity index (χ1) is 11.1. The van der Waals surface area contributed by atoms with E-state index in [-0.39, 0.29) is 0 Å². The minimum atomic E-state index is 0.616. The highest BCUT2D eigenvalue weighted by Crippen LogP contribution is 2.31. The Kier molecular flexibility index (Phi) is 6.00. The number of benzene rings is 2. The molecule has 2 aromatic rings. The van der Waals surface area contributed by atoms with Gasteiger partial charge in [-0.05, 0) is 67.7 Å². The van der Waals surface area contributed by atoms with Crippen LogP contribution in [0.2, 0.25) is 0 Å². The first-order valence-electron chi connectivity index (χ1n) is 8.07. The van der Waals surface area contributed by atoms with Gasteiger partial charge in [-0.1, -0.05) is 35.9 Å². The fraction of sp³-hybridized carbons (Fsp3) is 0.333. The molecule has 0 N–H and O–H groups in total. The molecule has 2 rings (SSSR count). The van der Waals surface area contributed by atoms with Crippen molar-refractivity contribution in [3.05, 3.63) is 70.3 Å². The van der Waals surface area contributed by atoms with Gasteiger partial charge in [0.15, 0.2) is 0 Å². The Morgan fingerprint density at radius 3 is 2.13 bits per heavy atom. The van der Waals surface area contributed by atoms with Gasteiger partial charge in [-0.25, -0.2) is 0 Å². The molecule has 0 saturated heterocycles. The lowest BCUT2D eigenvalue weighted by Gasteiger charge is -2.16. The standard InChI is InChI=1S/C21H26O2/c1-6-23-12-11-20(18-7-9-19(22-5)10-8-18)21-16(3)13-15(2)14-17(21)4/h7-11,13-14H,6,12H2,1-5H3/b20-11-. The maximum Gasteiger partial charge on any atom is 0.118 e. The van der Waals surface area contributed by atoms with E-state index in [1.807, 2.05) is 19.1 Å². The van der Waals surface area contributed by atoms with Crippen LogP contribution in [0.4, 0.5) is 0 Å². The lowest BCUT2D eigenvalue weighted by molar-refractivity contribution is 0.178. The molecule has 0 aliphatic rings. The van der Waals surface area contributed by atoms with Gasteiger partial charge < -0.3 is 9.47 Å². The first kappa shape index (κ1) is 17.3. The Hall–Kier alpha value is -2.06. The van der Waals surface area contributed by atoms with Crippen LogP contribution in [0.1, 0.15) is 34.7 Å². The second-order valence-electron chi connectivity index (χ2n) is 5.78. The molecule has 0 atom stereocenters. The van der Waals surface area contributed by atoms with Gasteiger partial charge in [0.2, 0.25) is 0 Å². The van der Waals surface area contributed by atoms with Gasteiger partial charge in [-0.15, -0.1) is 0 Å². The van der Waals surface area contributed by atoms with Crippen molar-refractivity contribution in [3.63, 3.8) is 0 Å². The lowest BCUT2D eigenvalue weighted by atomic mass is 9.89. The van der Waals surface area contributed by atoms with E-state index in [1.54, 1.807) is 7.11 Å². The summed E-state index contributed by atoms with van der Waals surface area (Å²) in [6.07, 6.45) is 2.18. The molecule has 0 aliphatic heterocycles. The van der Waals surface area contributed by atoms with Crippen molar-refractivity contribution in [2.75, 3.05) is 20.3 Å². The molecular formula is C21H26O2. The van der Waals surface area contributed by atoms with E-state index in [9.17, 15) is 0 Å². The summed E-state index contributed by atoms with van der Waals surface area (Å²) in [5.74, 6) is 0.871. The summed E-state index contributed by atoms with van der Waals surface area (Å²) in [5.41, 5.74) is 7.57. The number of ether oxygens (including phenoxy) is 2. The number of aryl methyl sites for hydroxylation is 3. The number of rotatable bonds is 6. The monoisotopic (exact) mass is 310 g/mol. The molecule has 0 aliphatic carbocycles. The second kappa shape index (κ2) is 7.98. The van der Waals surface area contributed by atoms with Crippen molar-refractivity contribution in [2.24, 2.45) is 0 Å². The molecule has 0 bridgehead atoms. The van der Waals surface area contributed by atoms with Gasteiger partial charge >= 0.3 is 0 Å². The third-order valence-electron chi connectivity index (χ3n) is 3.96. The van der Waals surface area contributed by atoms with E-state index in [4.69, 9.17) is 9.47 Å². The van der Waals surface area contributed by atoms with Crippen LogP contribution in [-0.4, -0.2) is 20.3 Å². The van der Waals surface area contributed by atoms with Crippen molar-refractivity contribution in [1.29, 1.82) is 0 Å². The Balaban J connectivity index is 2.52. The van der Waals surface area contributed by atoms with E-state index in [1.165, 1.54) is 33.4 Å². The van der Waals surface area contributed by atoms with Crippen LogP contribution >= 0.6 is 0 Å². The highest BCUT2D eigenvalue weighted by molar-refractivity contribution is 5.83. The highest BCUT2D eigenvalue weighted by Gasteiger charge is 2.12. The molecule has 2 heteroatoms. The summed E-state index contributed by atoms with van der Waals surface area (Å²) in [6.45, 7) is 9.84. The van der Waals surface area contributed by atoms with E-state index >= 15 is 0 Å². The SMILES string of the molecule is CCOC/C=C(/c1ccc(OC)cc1)c1c(C)cc(C)cc1C. The number of methoxy groups -OCH3 is 1. The Morgan fingerprint density at radius 1 is 1.00 bits per heavy atom. The first-order valence-corrected chi connectivity index (χ1v) is 8.07. The topological polar surface area (TPSA) is 18.5 Å². The molecule has 0 heterocycles. The summed E-state index contributed by atoms with van der Waals surface area (Å²) in [6, 6.07) is 12.7. The van der Waals surface area contributed by atoms with Crippen LogP contribution in [0.5, 0.6) is 5.75 Å². The molecule has 2 nitrogen and oxygen atoms in total. The Morgan fingerprint density at radius 2 is 1.61 bits per heavy atom. The number of hydrogen-bond donors (Lipinski definition) is 0. The van der Waals surface area contributed by atoms with Gasteiger partial charge in [0.05, 0.1) is 13.7 Å². The maximum absolute atomic E-state index is 5.55. The van der Waals surface area contributed by atoms with Gasteiger partial charge in [0.1, 0.15) is 5.75 Å². The number of hydrogen-bond acceptors (Lipinski definition) is 2. The average molecular weight is 310 g/mol. The van der Waals surface area contributed by atoms with Crippen LogP contribution in [0.25, 0.3) is 5.57 Å². The molecule has 2 aromatic carbocycles. The van der Waals surface area contributed by atoms with Crippen LogP contribution < -0.4 is 4.74 Å². The molecular weight excluding hydrogens is 284 g/mol. The van der Waals surface area contributed by atoms with Gasteiger partial charge in [0, 0.05) is 6.61 Å². The van der Waals surface area contributed by atoms with Crippen LogP contribution in [-0.2, 0) is 4.74 Å². The Labute approximate surface area is 139 Å². The zero-order valence-electron chi connectivity index (χ0n) is 14.8. The van der Waals surface area contributed by atoms with Crippen molar-refractivity contribution >= 4 is 5.57 Å². The lowest BCUT2D eigenvalue weighted by Crippen LogP contribution is -1.99. The molecule has 0 spiro atoms. The summed E-state index contributed by atoms with van der Waals surface area (Å²) >= 11 is 0. The molecule has 0 amide bonds. The van der Waals surface area contributed by atoms with Crippen molar-refractivity contribution in [3.8, 4) is 5.75 Å². The molecule has 0 fully saturated rings. The minimum absolute atomic E-state index is 0.616. The minimum Gasteiger partial charge on any atom is -0.497 e. The highest BCUT2D eigenvalue weighted by atomic mass is 16.5. The van der Waals surface area contributed by atoms with Gasteiger partial charge in [0.25, 0.3) is 0 Å². The van der Waals surface area contributed by atoms with E-state index in [0.29, 0.717) is 6.61 Å². The van der Waals surface area contributed by atoms with Crippen LogP contribution in [0.3, 0.4) is 0 Å². The maximum atomic E-state index is 5.55. The van der Waals surface area contributed by atoms with Crippen molar-refractivity contribution in [2.45, 2.75) is 27.7 Å². The fourth-order valence-corrected chi connectivity index (χ4v) is 3.00. The summed E-state index contributed by atoms with van der Waals surface area (Å²) < 4.78 is 10.8. The predicted molar refractivity (Wildman–Crippen MR) is 97.2 cm³/mol. The summed E-state index contributed by atoms with van der Waals surface area (Å²) in [7, 11) is 1.69. The molecule has 0 saturated carbocycles. The van der Waals surface area contributed by atoms with Crippen molar-refractivity contribution in [1.82, 2.24) is 0 Å². The van der Waals surface area contributed by atoms with E-state index < -0.39 is 0 Å². The molecule has 0 aromatic heterocycles. The molecule has 122 valence electrons. The normalized spacial score (nSPS) is 11.6. The van der Waals surface area contributed by atoms with Crippen LogP contribution in [0, 0.1) is 20.8 Å². The van der Waals surface area contributed by atoms with E-state index in [2.05, 4.69) is 51.1 Å². The fourth-order valence-electron chi connectivity index (χ4n) is 3.00. The van der Waals surface area contributed by atoms with Crippen molar-refractivity contribution < 1.29 is 9.47 Å². The largest absolute Gasteiger partial charge is 0.497 e. The third kappa shape index (κ3) is 4.23. The summed E-state index contributed by atoms with van der Waals surface area (Å²) in [4.78, 5) is 0. The average Bonchev–Trinajstić information content (AvgIpc) is 2.53. The zero-order chi connectivity index (χ0) is 16.8. The van der Waals surface area contributed by atoms with E-state index in [0.717, 1.165) is 12.4 Å². The quantitative estimate of drug-likeness (QED) is 0.692. The van der Waals surface area contributed by atoms with Gasteiger partial charge in [-0.2, -0.15) is 0 Å². The molecule has 23 heavy (non-hydrogen) atoms.